The number of rotatable bonds is 6. The zero-order chi connectivity index (χ0) is 20.2. The summed E-state index contributed by atoms with van der Waals surface area (Å²) >= 11 is 8.93. The SMILES string of the molecule is Cc1nc(CSc2ccccc2C(=O)Nc2nnc(-c3ccccc3Cl)s2)no1. The lowest BCUT2D eigenvalue weighted by Crippen LogP contribution is -2.12. The molecule has 0 saturated heterocycles. The fourth-order valence-corrected chi connectivity index (χ4v) is 4.46. The molecule has 0 bridgehead atoms. The number of hydrogen-bond donors (Lipinski definition) is 1. The number of amides is 1. The third kappa shape index (κ3) is 4.64. The van der Waals surface area contributed by atoms with Gasteiger partial charge < -0.3 is 4.52 Å². The first kappa shape index (κ1) is 19.6. The molecule has 29 heavy (non-hydrogen) atoms. The van der Waals surface area contributed by atoms with E-state index in [1.54, 1.807) is 19.1 Å². The molecule has 1 N–H and O–H groups in total. The van der Waals surface area contributed by atoms with Crippen LogP contribution in [0.3, 0.4) is 0 Å². The molecule has 0 aliphatic heterocycles. The molecular formula is C19H14ClN5O2S2. The molecule has 0 spiro atoms. The van der Waals surface area contributed by atoms with Crippen molar-refractivity contribution in [3.05, 3.63) is 70.8 Å². The van der Waals surface area contributed by atoms with E-state index in [9.17, 15) is 4.79 Å². The Kier molecular flexibility index (Phi) is 5.89. The van der Waals surface area contributed by atoms with Gasteiger partial charge in [0.15, 0.2) is 10.8 Å². The van der Waals surface area contributed by atoms with Crippen molar-refractivity contribution in [2.75, 3.05) is 5.32 Å². The summed E-state index contributed by atoms with van der Waals surface area (Å²) < 4.78 is 4.98. The van der Waals surface area contributed by atoms with Crippen LogP contribution in [-0.4, -0.2) is 26.2 Å². The summed E-state index contributed by atoms with van der Waals surface area (Å²) in [6.45, 7) is 1.74. The molecule has 2 aromatic heterocycles. The van der Waals surface area contributed by atoms with Gasteiger partial charge in [-0.15, -0.1) is 22.0 Å². The number of aryl methyl sites for hydroxylation is 1. The van der Waals surface area contributed by atoms with E-state index in [0.717, 1.165) is 10.5 Å². The van der Waals surface area contributed by atoms with Crippen LogP contribution in [0.2, 0.25) is 5.02 Å². The number of halogens is 1. The van der Waals surface area contributed by atoms with Crippen molar-refractivity contribution >= 4 is 45.7 Å². The molecule has 0 aliphatic carbocycles. The number of nitrogens with zero attached hydrogens (tertiary/aromatic N) is 4. The van der Waals surface area contributed by atoms with Crippen LogP contribution in [0.4, 0.5) is 5.13 Å². The average Bonchev–Trinajstić information content (AvgIpc) is 3.36. The predicted octanol–water partition coefficient (Wildman–Crippen LogP) is 5.09. The Labute approximate surface area is 179 Å². The lowest BCUT2D eigenvalue weighted by molar-refractivity contribution is 0.102. The summed E-state index contributed by atoms with van der Waals surface area (Å²) in [7, 11) is 0. The minimum atomic E-state index is -0.265. The van der Waals surface area contributed by atoms with E-state index in [0.29, 0.717) is 38.2 Å². The minimum Gasteiger partial charge on any atom is -0.340 e. The first-order valence-electron chi connectivity index (χ1n) is 8.51. The monoisotopic (exact) mass is 443 g/mol. The smallest absolute Gasteiger partial charge is 0.258 e. The lowest BCUT2D eigenvalue weighted by atomic mass is 10.2. The fraction of sp³-hybridized carbons (Fsp3) is 0.105. The van der Waals surface area contributed by atoms with E-state index in [1.165, 1.54) is 23.1 Å². The number of carbonyl (C=O) groups excluding carboxylic acids is 1. The Morgan fingerprint density at radius 2 is 1.97 bits per heavy atom. The Morgan fingerprint density at radius 1 is 1.17 bits per heavy atom. The maximum Gasteiger partial charge on any atom is 0.258 e. The molecule has 0 atom stereocenters. The van der Waals surface area contributed by atoms with E-state index < -0.39 is 0 Å². The molecule has 4 rings (SSSR count). The van der Waals surface area contributed by atoms with Gasteiger partial charge in [-0.2, -0.15) is 4.98 Å². The first-order valence-corrected chi connectivity index (χ1v) is 10.7. The summed E-state index contributed by atoms with van der Waals surface area (Å²) in [5.74, 6) is 1.32. The van der Waals surface area contributed by atoms with Crippen LogP contribution in [-0.2, 0) is 5.75 Å². The molecule has 146 valence electrons. The highest BCUT2D eigenvalue weighted by Crippen LogP contribution is 2.32. The van der Waals surface area contributed by atoms with Gasteiger partial charge in [-0.3, -0.25) is 10.1 Å². The van der Waals surface area contributed by atoms with Gasteiger partial charge in [0, 0.05) is 17.4 Å². The molecule has 2 heterocycles. The van der Waals surface area contributed by atoms with Gasteiger partial charge in [-0.05, 0) is 18.2 Å². The highest BCUT2D eigenvalue weighted by molar-refractivity contribution is 7.98. The molecule has 0 saturated carbocycles. The van der Waals surface area contributed by atoms with Crippen LogP contribution >= 0.6 is 34.7 Å². The molecule has 0 radical (unpaired) electrons. The second-order valence-electron chi connectivity index (χ2n) is 5.86. The largest absolute Gasteiger partial charge is 0.340 e. The Morgan fingerprint density at radius 3 is 2.76 bits per heavy atom. The standard InChI is InChI=1S/C19H14ClN5O2S2/c1-11-21-16(25-27-11)10-28-15-9-5-3-7-13(15)17(26)22-19-24-23-18(29-19)12-6-2-4-8-14(12)20/h2-9H,10H2,1H3,(H,22,24,26). The van der Waals surface area contributed by atoms with Gasteiger partial charge in [0.05, 0.1) is 16.3 Å². The summed E-state index contributed by atoms with van der Waals surface area (Å²) in [4.78, 5) is 17.8. The Balaban J connectivity index is 1.48. The van der Waals surface area contributed by atoms with E-state index in [2.05, 4.69) is 25.7 Å². The van der Waals surface area contributed by atoms with Crippen molar-refractivity contribution < 1.29 is 9.32 Å². The number of nitrogens with one attached hydrogen (secondary N) is 1. The first-order chi connectivity index (χ1) is 14.1. The van der Waals surface area contributed by atoms with Crippen LogP contribution in [0.25, 0.3) is 10.6 Å². The molecule has 0 fully saturated rings. The Hall–Kier alpha value is -2.75. The quantitative estimate of drug-likeness (QED) is 0.414. The number of hydrogen-bond acceptors (Lipinski definition) is 8. The zero-order valence-electron chi connectivity index (χ0n) is 15.1. The minimum absolute atomic E-state index is 0.265. The topological polar surface area (TPSA) is 93.8 Å². The summed E-state index contributed by atoms with van der Waals surface area (Å²) in [6, 6.07) is 14.7. The molecule has 0 aliphatic rings. The second kappa shape index (κ2) is 8.73. The maximum absolute atomic E-state index is 12.8. The van der Waals surface area contributed by atoms with E-state index in [1.807, 2.05) is 36.4 Å². The fourth-order valence-electron chi connectivity index (χ4n) is 2.50. The number of carbonyl (C=O) groups is 1. The van der Waals surface area contributed by atoms with Crippen molar-refractivity contribution in [2.24, 2.45) is 0 Å². The molecule has 1 amide bonds. The van der Waals surface area contributed by atoms with Crippen LogP contribution in [0.5, 0.6) is 0 Å². The summed E-state index contributed by atoms with van der Waals surface area (Å²) in [5, 5.41) is 16.5. The maximum atomic E-state index is 12.8. The van der Waals surface area contributed by atoms with Crippen LogP contribution in [0, 0.1) is 6.92 Å². The van der Waals surface area contributed by atoms with Gasteiger partial charge in [0.25, 0.3) is 5.91 Å². The molecule has 10 heteroatoms. The highest BCUT2D eigenvalue weighted by atomic mass is 35.5. The molecule has 2 aromatic carbocycles. The van der Waals surface area contributed by atoms with Gasteiger partial charge in [0.2, 0.25) is 11.0 Å². The number of aromatic nitrogens is 4. The molecular weight excluding hydrogens is 430 g/mol. The van der Waals surface area contributed by atoms with Crippen molar-refractivity contribution in [3.8, 4) is 10.6 Å². The Bertz CT molecular complexity index is 1160. The number of benzene rings is 2. The molecule has 7 nitrogen and oxygen atoms in total. The van der Waals surface area contributed by atoms with Crippen molar-refractivity contribution in [1.82, 2.24) is 20.3 Å². The number of thioether (sulfide) groups is 1. The van der Waals surface area contributed by atoms with Crippen molar-refractivity contribution in [3.63, 3.8) is 0 Å². The van der Waals surface area contributed by atoms with E-state index in [-0.39, 0.29) is 5.91 Å². The molecule has 0 unspecified atom stereocenters. The van der Waals surface area contributed by atoms with Crippen LogP contribution in [0.1, 0.15) is 22.1 Å². The zero-order valence-corrected chi connectivity index (χ0v) is 17.5. The van der Waals surface area contributed by atoms with Gasteiger partial charge in [0.1, 0.15) is 0 Å². The number of anilines is 1. The van der Waals surface area contributed by atoms with Gasteiger partial charge in [-0.1, -0.05) is 58.4 Å². The van der Waals surface area contributed by atoms with E-state index >= 15 is 0 Å². The van der Waals surface area contributed by atoms with Gasteiger partial charge in [-0.25, -0.2) is 0 Å². The predicted molar refractivity (Wildman–Crippen MR) is 113 cm³/mol. The highest BCUT2D eigenvalue weighted by Gasteiger charge is 2.16. The van der Waals surface area contributed by atoms with Crippen molar-refractivity contribution in [2.45, 2.75) is 17.6 Å². The normalized spacial score (nSPS) is 10.8. The summed E-state index contributed by atoms with van der Waals surface area (Å²) in [5.41, 5.74) is 1.31. The lowest BCUT2D eigenvalue weighted by Gasteiger charge is -2.07. The third-order valence-corrected chi connectivity index (χ3v) is 6.08. The van der Waals surface area contributed by atoms with E-state index in [4.69, 9.17) is 16.1 Å². The summed E-state index contributed by atoms with van der Waals surface area (Å²) in [6.07, 6.45) is 0. The van der Waals surface area contributed by atoms with Crippen LogP contribution < -0.4 is 5.32 Å². The average molecular weight is 444 g/mol. The van der Waals surface area contributed by atoms with Crippen LogP contribution in [0.15, 0.2) is 57.9 Å². The van der Waals surface area contributed by atoms with Crippen molar-refractivity contribution in [1.29, 1.82) is 0 Å². The molecule has 4 aromatic rings. The third-order valence-electron chi connectivity index (χ3n) is 3.81. The van der Waals surface area contributed by atoms with Gasteiger partial charge >= 0.3 is 0 Å². The second-order valence-corrected chi connectivity index (χ2v) is 8.26.